The average Bonchev–Trinajstić information content (AvgIpc) is 2.70. The zero-order valence-electron chi connectivity index (χ0n) is 16.3. The smallest absolute Gasteiger partial charge is 0.261 e. The molecule has 0 saturated heterocycles. The summed E-state index contributed by atoms with van der Waals surface area (Å²) < 4.78 is 38.6. The maximum absolute atomic E-state index is 13.9. The molecule has 0 saturated carbocycles. The highest BCUT2D eigenvalue weighted by Crippen LogP contribution is 2.24. The van der Waals surface area contributed by atoms with E-state index in [-0.39, 0.29) is 18.8 Å². The van der Waals surface area contributed by atoms with E-state index in [2.05, 4.69) is 4.98 Å². The molecule has 1 heterocycles. The van der Waals surface area contributed by atoms with E-state index >= 15 is 0 Å². The van der Waals surface area contributed by atoms with Crippen molar-refractivity contribution < 1.29 is 22.8 Å². The molecule has 0 aliphatic heterocycles. The predicted octanol–water partition coefficient (Wildman–Crippen LogP) is 1.82. The SMILES string of the molecule is Cc1ccc(-c2ccc3c(=O)n(CCC(C(=O)NO)S(C)(=O)=O)cnc3c2)cc1F. The van der Waals surface area contributed by atoms with Crippen LogP contribution in [0.3, 0.4) is 0 Å². The number of hydrogen-bond acceptors (Lipinski definition) is 6. The van der Waals surface area contributed by atoms with Gasteiger partial charge < -0.3 is 0 Å². The number of benzene rings is 2. The van der Waals surface area contributed by atoms with Crippen LogP contribution in [0.25, 0.3) is 22.0 Å². The van der Waals surface area contributed by atoms with Gasteiger partial charge in [0.2, 0.25) is 0 Å². The summed E-state index contributed by atoms with van der Waals surface area (Å²) in [6.45, 7) is 1.58. The molecular formula is C20H20FN3O5S. The van der Waals surface area contributed by atoms with Gasteiger partial charge in [0.05, 0.1) is 17.2 Å². The number of amides is 1. The zero-order valence-corrected chi connectivity index (χ0v) is 17.1. The Bertz CT molecular complexity index is 1290. The van der Waals surface area contributed by atoms with Crippen LogP contribution in [0.5, 0.6) is 0 Å². The lowest BCUT2D eigenvalue weighted by molar-refractivity contribution is -0.128. The minimum Gasteiger partial charge on any atom is -0.299 e. The Labute approximate surface area is 171 Å². The Morgan fingerprint density at radius 1 is 1.23 bits per heavy atom. The standard InChI is InChI=1S/C20H20FN3O5S/c1-12-3-4-13(9-16(12)21)14-5-6-15-17(10-14)22-11-24(20(15)26)8-7-18(19(25)23-27)30(2,28)29/h3-6,9-11,18,27H,7-8H2,1-2H3,(H,23,25). The molecule has 10 heteroatoms. The summed E-state index contributed by atoms with van der Waals surface area (Å²) >= 11 is 0. The summed E-state index contributed by atoms with van der Waals surface area (Å²) in [5, 5.41) is 7.55. The fourth-order valence-electron chi connectivity index (χ4n) is 3.14. The summed E-state index contributed by atoms with van der Waals surface area (Å²) in [4.78, 5) is 28.6. The molecule has 2 N–H and O–H groups in total. The second-order valence-electron chi connectivity index (χ2n) is 7.02. The van der Waals surface area contributed by atoms with Gasteiger partial charge in [0.25, 0.3) is 11.5 Å². The summed E-state index contributed by atoms with van der Waals surface area (Å²) in [7, 11) is -3.78. The van der Waals surface area contributed by atoms with Gasteiger partial charge in [0, 0.05) is 12.8 Å². The quantitative estimate of drug-likeness (QED) is 0.452. The molecule has 8 nitrogen and oxygen atoms in total. The number of rotatable bonds is 6. The fraction of sp³-hybridized carbons (Fsp3) is 0.250. The molecule has 0 fully saturated rings. The molecule has 2 aromatic carbocycles. The van der Waals surface area contributed by atoms with Crippen LogP contribution in [0, 0.1) is 12.7 Å². The first-order chi connectivity index (χ1) is 14.1. The second-order valence-corrected chi connectivity index (χ2v) is 9.25. The zero-order chi connectivity index (χ0) is 22.1. The van der Waals surface area contributed by atoms with Crippen molar-refractivity contribution in [3.05, 3.63) is 64.5 Å². The van der Waals surface area contributed by atoms with Crippen molar-refractivity contribution in [2.45, 2.75) is 25.1 Å². The number of aryl methyl sites for hydroxylation is 2. The van der Waals surface area contributed by atoms with Crippen LogP contribution < -0.4 is 11.0 Å². The Hall–Kier alpha value is -3.11. The first kappa shape index (κ1) is 21.6. The number of carbonyl (C=O) groups excluding carboxylic acids is 1. The number of nitrogens with zero attached hydrogens (tertiary/aromatic N) is 2. The van der Waals surface area contributed by atoms with Crippen LogP contribution >= 0.6 is 0 Å². The molecule has 1 aromatic heterocycles. The molecule has 0 aliphatic carbocycles. The maximum atomic E-state index is 13.9. The van der Waals surface area contributed by atoms with E-state index in [1.54, 1.807) is 37.3 Å². The molecule has 0 radical (unpaired) electrons. The minimum absolute atomic E-state index is 0.0855. The van der Waals surface area contributed by atoms with Crippen molar-refractivity contribution in [2.24, 2.45) is 0 Å². The number of hydrogen-bond donors (Lipinski definition) is 2. The van der Waals surface area contributed by atoms with Crippen LogP contribution in [0.1, 0.15) is 12.0 Å². The first-order valence-electron chi connectivity index (χ1n) is 9.00. The fourth-order valence-corrected chi connectivity index (χ4v) is 4.11. The summed E-state index contributed by atoms with van der Waals surface area (Å²) in [6.07, 6.45) is 1.93. The van der Waals surface area contributed by atoms with Crippen LogP contribution in [-0.4, -0.2) is 40.6 Å². The minimum atomic E-state index is -3.78. The molecule has 0 aliphatic rings. The third kappa shape index (κ3) is 4.39. The van der Waals surface area contributed by atoms with E-state index in [1.165, 1.54) is 22.4 Å². The third-order valence-corrected chi connectivity index (χ3v) is 6.37. The van der Waals surface area contributed by atoms with Crippen molar-refractivity contribution in [1.82, 2.24) is 15.0 Å². The van der Waals surface area contributed by atoms with E-state index < -0.39 is 26.6 Å². The first-order valence-corrected chi connectivity index (χ1v) is 11.0. The van der Waals surface area contributed by atoms with Crippen LogP contribution in [0.4, 0.5) is 4.39 Å². The maximum Gasteiger partial charge on any atom is 0.261 e. The summed E-state index contributed by atoms with van der Waals surface area (Å²) in [6, 6.07) is 9.78. The third-order valence-electron chi connectivity index (χ3n) is 4.88. The van der Waals surface area contributed by atoms with E-state index in [0.717, 1.165) is 6.26 Å². The molecular weight excluding hydrogens is 413 g/mol. The van der Waals surface area contributed by atoms with Crippen molar-refractivity contribution in [3.63, 3.8) is 0 Å². The number of sulfone groups is 1. The Kier molecular flexibility index (Phi) is 5.99. The van der Waals surface area contributed by atoms with Gasteiger partial charge in [0.1, 0.15) is 11.1 Å². The number of fused-ring (bicyclic) bond motifs is 1. The molecule has 1 unspecified atom stereocenters. The second kappa shape index (κ2) is 8.33. The highest BCUT2D eigenvalue weighted by atomic mass is 32.2. The van der Waals surface area contributed by atoms with Gasteiger partial charge in [-0.25, -0.2) is 23.3 Å². The largest absolute Gasteiger partial charge is 0.299 e. The average molecular weight is 433 g/mol. The lowest BCUT2D eigenvalue weighted by Crippen LogP contribution is -2.39. The lowest BCUT2D eigenvalue weighted by Gasteiger charge is -2.14. The van der Waals surface area contributed by atoms with Crippen molar-refractivity contribution in [2.75, 3.05) is 6.26 Å². The Morgan fingerprint density at radius 3 is 2.53 bits per heavy atom. The van der Waals surface area contributed by atoms with Gasteiger partial charge in [-0.2, -0.15) is 0 Å². The number of halogens is 1. The van der Waals surface area contributed by atoms with Crippen molar-refractivity contribution >= 4 is 26.6 Å². The molecule has 158 valence electrons. The van der Waals surface area contributed by atoms with Crippen LogP contribution in [0.15, 0.2) is 47.5 Å². The molecule has 0 bridgehead atoms. The van der Waals surface area contributed by atoms with Gasteiger partial charge in [-0.3, -0.25) is 19.4 Å². The molecule has 3 aromatic rings. The summed E-state index contributed by atoms with van der Waals surface area (Å²) in [5.41, 5.74) is 3.21. The predicted molar refractivity (Wildman–Crippen MR) is 109 cm³/mol. The van der Waals surface area contributed by atoms with Gasteiger partial charge in [0.15, 0.2) is 9.84 Å². The normalized spacial score (nSPS) is 12.7. The molecule has 0 spiro atoms. The number of aromatic nitrogens is 2. The van der Waals surface area contributed by atoms with Crippen molar-refractivity contribution in [3.8, 4) is 11.1 Å². The van der Waals surface area contributed by atoms with E-state index in [4.69, 9.17) is 5.21 Å². The monoisotopic (exact) mass is 433 g/mol. The van der Waals surface area contributed by atoms with Gasteiger partial charge >= 0.3 is 0 Å². The van der Waals surface area contributed by atoms with E-state index in [1.807, 2.05) is 0 Å². The number of hydroxylamine groups is 1. The topological polar surface area (TPSA) is 118 Å². The molecule has 1 amide bonds. The molecule has 3 rings (SSSR count). The molecule has 30 heavy (non-hydrogen) atoms. The highest BCUT2D eigenvalue weighted by Gasteiger charge is 2.28. The van der Waals surface area contributed by atoms with Crippen LogP contribution in [0.2, 0.25) is 0 Å². The Morgan fingerprint density at radius 2 is 1.90 bits per heavy atom. The van der Waals surface area contributed by atoms with Gasteiger partial charge in [-0.05, 0) is 48.2 Å². The van der Waals surface area contributed by atoms with Crippen LogP contribution in [-0.2, 0) is 21.2 Å². The summed E-state index contributed by atoms with van der Waals surface area (Å²) in [5.74, 6) is -1.39. The van der Waals surface area contributed by atoms with Gasteiger partial charge in [-0.15, -0.1) is 0 Å². The van der Waals surface area contributed by atoms with Gasteiger partial charge in [-0.1, -0.05) is 18.2 Å². The number of carbonyl (C=O) groups is 1. The van der Waals surface area contributed by atoms with E-state index in [0.29, 0.717) is 27.6 Å². The van der Waals surface area contributed by atoms with E-state index in [9.17, 15) is 22.4 Å². The lowest BCUT2D eigenvalue weighted by atomic mass is 10.0. The molecule has 1 atom stereocenters. The Balaban J connectivity index is 1.92. The van der Waals surface area contributed by atoms with Crippen molar-refractivity contribution in [1.29, 1.82) is 0 Å². The highest BCUT2D eigenvalue weighted by molar-refractivity contribution is 7.92. The number of nitrogens with one attached hydrogen (secondary N) is 1.